The number of carbonyl (C=O) groups is 1. The molecule has 2 heterocycles. The van der Waals surface area contributed by atoms with Gasteiger partial charge in [-0.2, -0.15) is 0 Å². The number of hydrogen-bond acceptors (Lipinski definition) is 5. The third kappa shape index (κ3) is 2.85. The number of aromatic carboxylic acids is 1. The van der Waals surface area contributed by atoms with E-state index < -0.39 is 5.97 Å². The van der Waals surface area contributed by atoms with Gasteiger partial charge in [0.2, 0.25) is 5.88 Å². The van der Waals surface area contributed by atoms with Gasteiger partial charge in [0, 0.05) is 12.5 Å². The summed E-state index contributed by atoms with van der Waals surface area (Å²) in [6, 6.07) is 1.34. The number of carboxylic acids is 1. The van der Waals surface area contributed by atoms with E-state index in [9.17, 15) is 4.79 Å². The number of aromatic nitrogens is 1. The van der Waals surface area contributed by atoms with Crippen LogP contribution in [0.2, 0.25) is 0 Å². The number of carboxylic acid groups (broad SMARTS) is 1. The fourth-order valence-electron chi connectivity index (χ4n) is 1.65. The summed E-state index contributed by atoms with van der Waals surface area (Å²) < 4.78 is 10.6. The summed E-state index contributed by atoms with van der Waals surface area (Å²) in [5.41, 5.74) is 5.78. The van der Waals surface area contributed by atoms with Gasteiger partial charge in [0.15, 0.2) is 0 Å². The molecule has 1 saturated heterocycles. The van der Waals surface area contributed by atoms with E-state index in [2.05, 4.69) is 4.98 Å². The second kappa shape index (κ2) is 5.01. The standard InChI is InChI=1S/C11H14N2O4/c12-8-3-9(11(14)15)10(13-4-8)17-6-7-1-2-16-5-7/h3-4,7H,1-2,5-6,12H2,(H,14,15). The molecule has 0 aliphatic carbocycles. The van der Waals surface area contributed by atoms with Crippen LogP contribution in [0.4, 0.5) is 5.69 Å². The van der Waals surface area contributed by atoms with E-state index in [1.54, 1.807) is 0 Å². The van der Waals surface area contributed by atoms with Crippen LogP contribution in [-0.2, 0) is 4.74 Å². The van der Waals surface area contributed by atoms with Crippen LogP contribution >= 0.6 is 0 Å². The van der Waals surface area contributed by atoms with Gasteiger partial charge in [-0.1, -0.05) is 0 Å². The number of ether oxygens (including phenoxy) is 2. The summed E-state index contributed by atoms with van der Waals surface area (Å²) in [5.74, 6) is -0.683. The van der Waals surface area contributed by atoms with Gasteiger partial charge >= 0.3 is 5.97 Å². The summed E-state index contributed by atoms with van der Waals surface area (Å²) in [4.78, 5) is 14.9. The molecule has 1 fully saturated rings. The topological polar surface area (TPSA) is 94.7 Å². The summed E-state index contributed by atoms with van der Waals surface area (Å²) in [6.45, 7) is 1.80. The molecule has 2 rings (SSSR count). The van der Waals surface area contributed by atoms with Crippen molar-refractivity contribution in [3.8, 4) is 5.88 Å². The van der Waals surface area contributed by atoms with Gasteiger partial charge in [0.05, 0.1) is 25.1 Å². The molecular formula is C11H14N2O4. The monoisotopic (exact) mass is 238 g/mol. The smallest absolute Gasteiger partial charge is 0.341 e. The Morgan fingerprint density at radius 2 is 2.53 bits per heavy atom. The Balaban J connectivity index is 2.06. The Labute approximate surface area is 98.4 Å². The molecule has 6 nitrogen and oxygen atoms in total. The van der Waals surface area contributed by atoms with Gasteiger partial charge < -0.3 is 20.3 Å². The van der Waals surface area contributed by atoms with Crippen LogP contribution < -0.4 is 10.5 Å². The number of rotatable bonds is 4. The maximum atomic E-state index is 11.0. The number of pyridine rings is 1. The van der Waals surface area contributed by atoms with Gasteiger partial charge in [0.25, 0.3) is 0 Å². The predicted octanol–water partition coefficient (Wildman–Crippen LogP) is 0.777. The van der Waals surface area contributed by atoms with Crippen LogP contribution in [0.3, 0.4) is 0 Å². The molecular weight excluding hydrogens is 224 g/mol. The average Bonchev–Trinajstić information content (AvgIpc) is 2.80. The summed E-state index contributed by atoms with van der Waals surface area (Å²) in [7, 11) is 0. The van der Waals surface area contributed by atoms with E-state index in [1.165, 1.54) is 12.3 Å². The van der Waals surface area contributed by atoms with Crippen molar-refractivity contribution in [2.45, 2.75) is 6.42 Å². The van der Waals surface area contributed by atoms with Crippen molar-refractivity contribution >= 4 is 11.7 Å². The highest BCUT2D eigenvalue weighted by Crippen LogP contribution is 2.20. The Kier molecular flexibility index (Phi) is 3.43. The van der Waals surface area contributed by atoms with Crippen molar-refractivity contribution in [3.05, 3.63) is 17.8 Å². The number of nitrogen functional groups attached to an aromatic ring is 1. The molecule has 1 aliphatic heterocycles. The zero-order chi connectivity index (χ0) is 12.3. The first-order valence-electron chi connectivity index (χ1n) is 5.36. The summed E-state index contributed by atoms with van der Waals surface area (Å²) >= 11 is 0. The lowest BCUT2D eigenvalue weighted by molar-refractivity contribution is 0.0690. The van der Waals surface area contributed by atoms with Gasteiger partial charge in [-0.15, -0.1) is 0 Å². The lowest BCUT2D eigenvalue weighted by Gasteiger charge is -2.11. The van der Waals surface area contributed by atoms with Crippen LogP contribution in [0, 0.1) is 5.92 Å². The third-order valence-electron chi connectivity index (χ3n) is 2.58. The van der Waals surface area contributed by atoms with E-state index in [-0.39, 0.29) is 11.4 Å². The molecule has 0 aromatic carbocycles. The Hall–Kier alpha value is -1.82. The highest BCUT2D eigenvalue weighted by molar-refractivity contribution is 5.91. The molecule has 92 valence electrons. The first-order valence-corrected chi connectivity index (χ1v) is 5.36. The van der Waals surface area contributed by atoms with Crippen LogP contribution in [-0.4, -0.2) is 35.9 Å². The minimum atomic E-state index is -1.09. The van der Waals surface area contributed by atoms with E-state index in [0.29, 0.717) is 24.8 Å². The molecule has 0 radical (unpaired) electrons. The fourth-order valence-corrected chi connectivity index (χ4v) is 1.65. The highest BCUT2D eigenvalue weighted by atomic mass is 16.5. The quantitative estimate of drug-likeness (QED) is 0.804. The first-order chi connectivity index (χ1) is 8.16. The normalized spacial score (nSPS) is 19.2. The molecule has 0 amide bonds. The van der Waals surface area contributed by atoms with Gasteiger partial charge in [-0.25, -0.2) is 9.78 Å². The summed E-state index contributed by atoms with van der Waals surface area (Å²) in [5, 5.41) is 8.98. The predicted molar refractivity (Wildman–Crippen MR) is 60.0 cm³/mol. The van der Waals surface area contributed by atoms with Crippen molar-refractivity contribution in [2.75, 3.05) is 25.6 Å². The minimum absolute atomic E-state index is 0.0103. The van der Waals surface area contributed by atoms with Crippen molar-refractivity contribution in [2.24, 2.45) is 5.92 Å². The van der Waals surface area contributed by atoms with Crippen LogP contribution in [0.15, 0.2) is 12.3 Å². The van der Waals surface area contributed by atoms with Gasteiger partial charge in [-0.05, 0) is 12.5 Å². The SMILES string of the molecule is Nc1cnc(OCC2CCOC2)c(C(=O)O)c1. The minimum Gasteiger partial charge on any atom is -0.477 e. The molecule has 0 bridgehead atoms. The van der Waals surface area contributed by atoms with Gasteiger partial charge in [-0.3, -0.25) is 0 Å². The third-order valence-corrected chi connectivity index (χ3v) is 2.58. The number of anilines is 1. The molecule has 0 saturated carbocycles. The molecule has 3 N–H and O–H groups in total. The number of nitrogens with zero attached hydrogens (tertiary/aromatic N) is 1. The molecule has 1 aromatic rings. The molecule has 1 aromatic heterocycles. The van der Waals surface area contributed by atoms with Gasteiger partial charge in [0.1, 0.15) is 5.56 Å². The second-order valence-electron chi connectivity index (χ2n) is 3.97. The van der Waals surface area contributed by atoms with Crippen LogP contribution in [0.25, 0.3) is 0 Å². The van der Waals surface area contributed by atoms with Crippen molar-refractivity contribution < 1.29 is 19.4 Å². The average molecular weight is 238 g/mol. The Bertz CT molecular complexity index is 416. The van der Waals surface area contributed by atoms with Crippen molar-refractivity contribution in [1.82, 2.24) is 4.98 Å². The van der Waals surface area contributed by atoms with Crippen molar-refractivity contribution in [1.29, 1.82) is 0 Å². The molecule has 0 spiro atoms. The Morgan fingerprint density at radius 1 is 1.71 bits per heavy atom. The lowest BCUT2D eigenvalue weighted by Crippen LogP contribution is -2.14. The Morgan fingerprint density at radius 3 is 3.18 bits per heavy atom. The first kappa shape index (κ1) is 11.7. The molecule has 1 unspecified atom stereocenters. The molecule has 6 heteroatoms. The van der Waals surface area contributed by atoms with Crippen LogP contribution in [0.5, 0.6) is 5.88 Å². The van der Waals surface area contributed by atoms with E-state index in [4.69, 9.17) is 20.3 Å². The highest BCUT2D eigenvalue weighted by Gasteiger charge is 2.19. The zero-order valence-corrected chi connectivity index (χ0v) is 9.26. The zero-order valence-electron chi connectivity index (χ0n) is 9.26. The largest absolute Gasteiger partial charge is 0.477 e. The maximum absolute atomic E-state index is 11.0. The van der Waals surface area contributed by atoms with E-state index >= 15 is 0 Å². The maximum Gasteiger partial charge on any atom is 0.341 e. The fraction of sp³-hybridized carbons (Fsp3) is 0.455. The number of hydrogen-bond donors (Lipinski definition) is 2. The summed E-state index contributed by atoms with van der Waals surface area (Å²) in [6.07, 6.45) is 2.31. The van der Waals surface area contributed by atoms with Crippen LogP contribution in [0.1, 0.15) is 16.8 Å². The second-order valence-corrected chi connectivity index (χ2v) is 3.97. The number of nitrogens with two attached hydrogens (primary N) is 1. The molecule has 1 atom stereocenters. The lowest BCUT2D eigenvalue weighted by atomic mass is 10.1. The molecule has 1 aliphatic rings. The van der Waals surface area contributed by atoms with Crippen molar-refractivity contribution in [3.63, 3.8) is 0 Å². The molecule has 17 heavy (non-hydrogen) atoms. The van der Waals surface area contributed by atoms with E-state index in [0.717, 1.165) is 13.0 Å². The van der Waals surface area contributed by atoms with E-state index in [1.807, 2.05) is 0 Å².